The molecular weight excluding hydrogens is 316 g/mol. The van der Waals surface area contributed by atoms with Crippen molar-refractivity contribution in [2.45, 2.75) is 25.9 Å². The lowest BCUT2D eigenvalue weighted by molar-refractivity contribution is 0.191. The second-order valence-electron chi connectivity index (χ2n) is 6.71. The second kappa shape index (κ2) is 8.27. The smallest absolute Gasteiger partial charge is 0.134 e. The molecule has 0 aliphatic carbocycles. The highest BCUT2D eigenvalue weighted by Gasteiger charge is 2.20. The fourth-order valence-corrected chi connectivity index (χ4v) is 3.24. The summed E-state index contributed by atoms with van der Waals surface area (Å²) in [6, 6.07) is 9.78. The molecule has 3 N–H and O–H groups in total. The van der Waals surface area contributed by atoms with Crippen LogP contribution in [0.5, 0.6) is 0 Å². The lowest BCUT2D eigenvalue weighted by atomic mass is 9.99. The Bertz CT molecular complexity index is 695. The maximum atomic E-state index is 10.3. The number of anilines is 2. The SMILES string of the molecule is Cc1cccc(C(O)CNc2cc(N3CCCC(CO)C3)ncn2)c1. The van der Waals surface area contributed by atoms with Crippen molar-refractivity contribution in [1.29, 1.82) is 0 Å². The first-order valence-corrected chi connectivity index (χ1v) is 8.82. The molecule has 1 aromatic heterocycles. The van der Waals surface area contributed by atoms with Crippen LogP contribution in [0, 0.1) is 12.8 Å². The number of hydrogen-bond donors (Lipinski definition) is 3. The largest absolute Gasteiger partial charge is 0.396 e. The third-order valence-corrected chi connectivity index (χ3v) is 4.66. The predicted molar refractivity (Wildman–Crippen MR) is 98.7 cm³/mol. The molecule has 25 heavy (non-hydrogen) atoms. The van der Waals surface area contributed by atoms with Gasteiger partial charge in [-0.05, 0) is 31.2 Å². The average Bonchev–Trinajstić information content (AvgIpc) is 2.66. The van der Waals surface area contributed by atoms with Crippen LogP contribution in [0.3, 0.4) is 0 Å². The van der Waals surface area contributed by atoms with Crippen LogP contribution in [-0.2, 0) is 0 Å². The van der Waals surface area contributed by atoms with E-state index in [-0.39, 0.29) is 6.61 Å². The van der Waals surface area contributed by atoms with Gasteiger partial charge in [-0.2, -0.15) is 0 Å². The lowest BCUT2D eigenvalue weighted by Gasteiger charge is -2.32. The number of benzene rings is 1. The van der Waals surface area contributed by atoms with Crippen LogP contribution >= 0.6 is 0 Å². The van der Waals surface area contributed by atoms with Gasteiger partial charge in [-0.25, -0.2) is 9.97 Å². The molecule has 2 heterocycles. The number of aryl methyl sites for hydroxylation is 1. The van der Waals surface area contributed by atoms with Gasteiger partial charge in [-0.1, -0.05) is 29.8 Å². The Labute approximate surface area is 148 Å². The summed E-state index contributed by atoms with van der Waals surface area (Å²) in [7, 11) is 0. The van der Waals surface area contributed by atoms with Gasteiger partial charge < -0.3 is 20.4 Å². The van der Waals surface area contributed by atoms with Gasteiger partial charge in [0.15, 0.2) is 0 Å². The van der Waals surface area contributed by atoms with Crippen molar-refractivity contribution in [3.63, 3.8) is 0 Å². The standard InChI is InChI=1S/C19H26N4O2/c1-14-4-2-6-16(8-14)17(25)10-20-18-9-19(22-13-21-18)23-7-3-5-15(11-23)12-24/h2,4,6,8-9,13,15,17,24-25H,3,5,7,10-12H2,1H3,(H,20,21,22). The first kappa shape index (κ1) is 17.6. The normalized spacial score (nSPS) is 18.8. The van der Waals surface area contributed by atoms with E-state index in [1.807, 2.05) is 37.3 Å². The maximum absolute atomic E-state index is 10.3. The van der Waals surface area contributed by atoms with Crippen LogP contribution in [0.25, 0.3) is 0 Å². The molecule has 0 amide bonds. The van der Waals surface area contributed by atoms with Crippen molar-refractivity contribution in [1.82, 2.24) is 9.97 Å². The molecule has 2 atom stereocenters. The zero-order valence-electron chi connectivity index (χ0n) is 14.6. The van der Waals surface area contributed by atoms with E-state index in [1.165, 1.54) is 0 Å². The van der Waals surface area contributed by atoms with Crippen LogP contribution in [-0.4, -0.2) is 46.4 Å². The van der Waals surface area contributed by atoms with E-state index in [0.29, 0.717) is 18.3 Å². The Hall–Kier alpha value is -2.18. The fraction of sp³-hybridized carbons (Fsp3) is 0.474. The maximum Gasteiger partial charge on any atom is 0.134 e. The first-order chi connectivity index (χ1) is 12.2. The Morgan fingerprint density at radius 1 is 1.32 bits per heavy atom. The molecule has 1 aliphatic rings. The molecule has 134 valence electrons. The van der Waals surface area contributed by atoms with Crippen LogP contribution in [0.1, 0.15) is 30.1 Å². The summed E-state index contributed by atoms with van der Waals surface area (Å²) in [6.07, 6.45) is 3.07. The summed E-state index contributed by atoms with van der Waals surface area (Å²) in [5, 5.41) is 22.9. The van der Waals surface area contributed by atoms with Gasteiger partial charge in [0.1, 0.15) is 18.0 Å². The molecule has 2 unspecified atom stereocenters. The molecule has 3 rings (SSSR count). The molecule has 1 aromatic carbocycles. The zero-order valence-corrected chi connectivity index (χ0v) is 14.6. The number of aromatic nitrogens is 2. The zero-order chi connectivity index (χ0) is 17.6. The van der Waals surface area contributed by atoms with Gasteiger partial charge in [-0.15, -0.1) is 0 Å². The molecule has 0 bridgehead atoms. The Balaban J connectivity index is 1.62. The van der Waals surface area contributed by atoms with Crippen LogP contribution in [0.15, 0.2) is 36.7 Å². The summed E-state index contributed by atoms with van der Waals surface area (Å²) in [5.41, 5.74) is 2.02. The number of nitrogens with zero attached hydrogens (tertiary/aromatic N) is 3. The van der Waals surface area contributed by atoms with E-state index in [4.69, 9.17) is 0 Å². The van der Waals surface area contributed by atoms with Gasteiger partial charge in [0.05, 0.1) is 6.10 Å². The Morgan fingerprint density at radius 3 is 3.00 bits per heavy atom. The molecule has 0 saturated carbocycles. The third kappa shape index (κ3) is 4.67. The van der Waals surface area contributed by atoms with Gasteiger partial charge in [0.25, 0.3) is 0 Å². The minimum Gasteiger partial charge on any atom is -0.396 e. The van der Waals surface area contributed by atoms with Crippen LogP contribution in [0.2, 0.25) is 0 Å². The van der Waals surface area contributed by atoms with Gasteiger partial charge in [-0.3, -0.25) is 0 Å². The second-order valence-corrected chi connectivity index (χ2v) is 6.71. The van der Waals surface area contributed by atoms with Crippen LogP contribution < -0.4 is 10.2 Å². The third-order valence-electron chi connectivity index (χ3n) is 4.66. The molecule has 1 saturated heterocycles. The number of hydrogen-bond acceptors (Lipinski definition) is 6. The minimum absolute atomic E-state index is 0.218. The Morgan fingerprint density at radius 2 is 2.20 bits per heavy atom. The van der Waals surface area contributed by atoms with Crippen LogP contribution in [0.4, 0.5) is 11.6 Å². The molecule has 6 heteroatoms. The summed E-state index contributed by atoms with van der Waals surface area (Å²) in [5.74, 6) is 1.87. The first-order valence-electron chi connectivity index (χ1n) is 8.82. The highest BCUT2D eigenvalue weighted by molar-refractivity contribution is 5.49. The Kier molecular flexibility index (Phi) is 5.83. The minimum atomic E-state index is -0.591. The summed E-state index contributed by atoms with van der Waals surface area (Å²) in [6.45, 7) is 4.38. The highest BCUT2D eigenvalue weighted by Crippen LogP contribution is 2.23. The van der Waals surface area contributed by atoms with Crippen molar-refractivity contribution >= 4 is 11.6 Å². The van der Waals surface area contributed by atoms with Gasteiger partial charge >= 0.3 is 0 Å². The molecule has 2 aromatic rings. The number of aliphatic hydroxyl groups excluding tert-OH is 2. The van der Waals surface area contributed by atoms with E-state index in [2.05, 4.69) is 20.2 Å². The van der Waals surface area contributed by atoms with Crippen molar-refractivity contribution in [2.24, 2.45) is 5.92 Å². The van der Waals surface area contributed by atoms with Gasteiger partial charge in [0, 0.05) is 32.3 Å². The molecule has 1 aliphatic heterocycles. The average molecular weight is 342 g/mol. The highest BCUT2D eigenvalue weighted by atomic mass is 16.3. The molecule has 0 radical (unpaired) electrons. The number of rotatable bonds is 6. The van der Waals surface area contributed by atoms with E-state index in [1.54, 1.807) is 6.33 Å². The quantitative estimate of drug-likeness (QED) is 0.746. The van der Waals surface area contributed by atoms with Crippen molar-refractivity contribution in [3.8, 4) is 0 Å². The van der Waals surface area contributed by atoms with Crippen molar-refractivity contribution < 1.29 is 10.2 Å². The fourth-order valence-electron chi connectivity index (χ4n) is 3.24. The topological polar surface area (TPSA) is 81.5 Å². The molecule has 6 nitrogen and oxygen atoms in total. The molecule has 0 spiro atoms. The van der Waals surface area contributed by atoms with Crippen molar-refractivity contribution in [3.05, 3.63) is 47.8 Å². The summed E-state index contributed by atoms with van der Waals surface area (Å²) in [4.78, 5) is 10.8. The van der Waals surface area contributed by atoms with E-state index >= 15 is 0 Å². The van der Waals surface area contributed by atoms with Crippen molar-refractivity contribution in [2.75, 3.05) is 36.5 Å². The monoisotopic (exact) mass is 342 g/mol. The number of nitrogens with one attached hydrogen (secondary N) is 1. The number of piperidine rings is 1. The number of aliphatic hydroxyl groups is 2. The predicted octanol–water partition coefficient (Wildman–Crippen LogP) is 2.14. The lowest BCUT2D eigenvalue weighted by Crippen LogP contribution is -2.37. The van der Waals surface area contributed by atoms with E-state index in [9.17, 15) is 10.2 Å². The summed E-state index contributed by atoms with van der Waals surface area (Å²) >= 11 is 0. The summed E-state index contributed by atoms with van der Waals surface area (Å²) < 4.78 is 0. The van der Waals surface area contributed by atoms with E-state index < -0.39 is 6.10 Å². The molecule has 1 fully saturated rings. The molecular formula is C19H26N4O2. The van der Waals surface area contributed by atoms with Gasteiger partial charge in [0.2, 0.25) is 0 Å². The van der Waals surface area contributed by atoms with E-state index in [0.717, 1.165) is 42.9 Å².